The molecule has 4 nitrogen and oxygen atoms in total. The summed E-state index contributed by atoms with van der Waals surface area (Å²) in [6, 6.07) is 16.7. The maximum absolute atomic E-state index is 12.6. The van der Waals surface area contributed by atoms with Gasteiger partial charge in [-0.2, -0.15) is 5.01 Å². The Labute approximate surface area is 175 Å². The molecule has 0 aromatic heterocycles. The van der Waals surface area contributed by atoms with Crippen LogP contribution >= 0.6 is 39.9 Å². The smallest absolute Gasteiger partial charge is 0.267 e. The van der Waals surface area contributed by atoms with Crippen molar-refractivity contribution in [3.8, 4) is 0 Å². The van der Waals surface area contributed by atoms with Crippen LogP contribution in [0.25, 0.3) is 6.08 Å². The van der Waals surface area contributed by atoms with Gasteiger partial charge in [0.1, 0.15) is 0 Å². The van der Waals surface area contributed by atoms with E-state index in [0.717, 1.165) is 20.6 Å². The second-order valence-electron chi connectivity index (χ2n) is 5.76. The van der Waals surface area contributed by atoms with Crippen molar-refractivity contribution in [1.29, 1.82) is 0 Å². The third kappa shape index (κ3) is 4.94. The molecule has 0 radical (unpaired) electrons. The highest BCUT2D eigenvalue weighted by Gasteiger charge is 2.33. The van der Waals surface area contributed by atoms with Crippen molar-refractivity contribution >= 4 is 62.1 Å². The van der Waals surface area contributed by atoms with Crippen molar-refractivity contribution in [1.82, 2.24) is 10.4 Å². The molecule has 0 aliphatic carbocycles. The van der Waals surface area contributed by atoms with Crippen LogP contribution in [-0.4, -0.2) is 21.1 Å². The monoisotopic (exact) mass is 458 g/mol. The third-order valence-corrected chi connectivity index (χ3v) is 5.50. The van der Waals surface area contributed by atoms with E-state index in [0.29, 0.717) is 14.8 Å². The van der Waals surface area contributed by atoms with Gasteiger partial charge in [-0.3, -0.25) is 15.0 Å². The Morgan fingerprint density at radius 1 is 1.15 bits per heavy atom. The predicted molar refractivity (Wildman–Crippen MR) is 117 cm³/mol. The normalized spacial score (nSPS) is 16.1. The average molecular weight is 459 g/mol. The highest BCUT2D eigenvalue weighted by Crippen LogP contribution is 2.31. The number of thioether (sulfide) groups is 1. The van der Waals surface area contributed by atoms with Gasteiger partial charge >= 0.3 is 0 Å². The summed E-state index contributed by atoms with van der Waals surface area (Å²) >= 11 is 9.74. The summed E-state index contributed by atoms with van der Waals surface area (Å²) in [5.41, 5.74) is 4.98. The number of carbonyl (C=O) groups excluding carboxylic acids is 2. The lowest BCUT2D eigenvalue weighted by Crippen LogP contribution is -2.44. The van der Waals surface area contributed by atoms with Gasteiger partial charge in [-0.1, -0.05) is 64.1 Å². The molecule has 0 bridgehead atoms. The number of rotatable bonds is 4. The summed E-state index contributed by atoms with van der Waals surface area (Å²) in [6.45, 7) is 1.92. The van der Waals surface area contributed by atoms with Gasteiger partial charge in [0.25, 0.3) is 11.8 Å². The van der Waals surface area contributed by atoms with Gasteiger partial charge in [0.2, 0.25) is 0 Å². The molecule has 1 aliphatic heterocycles. The number of nitrogens with one attached hydrogen (secondary N) is 1. The minimum Gasteiger partial charge on any atom is -0.267 e. The number of thiocarbonyl (C=S) groups is 1. The van der Waals surface area contributed by atoms with Gasteiger partial charge in [-0.15, -0.1) is 0 Å². The standard InChI is InChI=1S/C20H15BrN2O2S2/c1-13(11-14-5-3-2-4-6-14)12-17-19(25)23(20(26)27-17)22-18(24)15-7-9-16(21)10-8-15/h2-12H,1H3,(H,22,24)/b13-11+,17-12+. The Hall–Kier alpha value is -2.22. The Bertz CT molecular complexity index is 954. The van der Waals surface area contributed by atoms with Crippen LogP contribution in [0.4, 0.5) is 0 Å². The molecule has 27 heavy (non-hydrogen) atoms. The fraction of sp³-hybridized carbons (Fsp3) is 0.0500. The molecule has 7 heteroatoms. The largest absolute Gasteiger partial charge is 0.285 e. The number of amides is 2. The molecule has 2 aromatic rings. The van der Waals surface area contributed by atoms with Crippen LogP contribution in [0, 0.1) is 0 Å². The van der Waals surface area contributed by atoms with Gasteiger partial charge < -0.3 is 0 Å². The zero-order chi connectivity index (χ0) is 19.4. The molecule has 0 atom stereocenters. The van der Waals surface area contributed by atoms with Crippen LogP contribution in [0.3, 0.4) is 0 Å². The van der Waals surface area contributed by atoms with Crippen molar-refractivity contribution in [2.24, 2.45) is 0 Å². The first-order valence-corrected chi connectivity index (χ1v) is 10.0. The SMILES string of the molecule is CC(=C\c1ccccc1)/C=C1/SC(=S)N(NC(=O)c2ccc(Br)cc2)C1=O. The summed E-state index contributed by atoms with van der Waals surface area (Å²) in [4.78, 5) is 25.5. The number of carbonyl (C=O) groups is 2. The maximum Gasteiger partial charge on any atom is 0.285 e. The van der Waals surface area contributed by atoms with Crippen molar-refractivity contribution < 1.29 is 9.59 Å². The van der Waals surface area contributed by atoms with E-state index in [2.05, 4.69) is 21.4 Å². The molecular formula is C20H15BrN2O2S2. The first-order valence-electron chi connectivity index (χ1n) is 8.02. The lowest BCUT2D eigenvalue weighted by Gasteiger charge is -2.15. The number of hydrogen-bond donors (Lipinski definition) is 1. The lowest BCUT2D eigenvalue weighted by molar-refractivity contribution is -0.123. The van der Waals surface area contributed by atoms with E-state index in [9.17, 15) is 9.59 Å². The topological polar surface area (TPSA) is 49.4 Å². The second-order valence-corrected chi connectivity index (χ2v) is 8.36. The van der Waals surface area contributed by atoms with E-state index in [1.165, 1.54) is 11.8 Å². The summed E-state index contributed by atoms with van der Waals surface area (Å²) in [7, 11) is 0. The molecule has 1 N–H and O–H groups in total. The van der Waals surface area contributed by atoms with Crippen molar-refractivity contribution in [3.05, 3.63) is 86.8 Å². The molecule has 136 valence electrons. The first-order chi connectivity index (χ1) is 12.9. The Kier molecular flexibility index (Phi) is 6.26. The number of benzene rings is 2. The van der Waals surface area contributed by atoms with Gasteiger partial charge in [0.05, 0.1) is 4.91 Å². The minimum absolute atomic E-state index is 0.296. The number of allylic oxidation sites excluding steroid dienone is 2. The Morgan fingerprint density at radius 2 is 1.81 bits per heavy atom. The number of halogens is 1. The summed E-state index contributed by atoms with van der Waals surface area (Å²) in [5.74, 6) is -0.729. The first kappa shape index (κ1) is 19.5. The number of nitrogens with zero attached hydrogens (tertiary/aromatic N) is 1. The van der Waals surface area contributed by atoms with Crippen LogP contribution in [0.2, 0.25) is 0 Å². The molecule has 0 spiro atoms. The van der Waals surface area contributed by atoms with E-state index >= 15 is 0 Å². The molecule has 1 fully saturated rings. The van der Waals surface area contributed by atoms with Gasteiger partial charge in [-0.25, -0.2) is 0 Å². The lowest BCUT2D eigenvalue weighted by atomic mass is 10.1. The number of hydrogen-bond acceptors (Lipinski definition) is 4. The van der Waals surface area contributed by atoms with Crippen LogP contribution in [-0.2, 0) is 4.79 Å². The van der Waals surface area contributed by atoms with Crippen molar-refractivity contribution in [3.63, 3.8) is 0 Å². The Morgan fingerprint density at radius 3 is 2.48 bits per heavy atom. The molecule has 1 heterocycles. The fourth-order valence-corrected chi connectivity index (χ4v) is 3.89. The molecule has 1 aliphatic rings. The maximum atomic E-state index is 12.6. The fourth-order valence-electron chi connectivity index (χ4n) is 2.39. The van der Waals surface area contributed by atoms with Crippen molar-refractivity contribution in [2.45, 2.75) is 6.92 Å². The summed E-state index contributed by atoms with van der Waals surface area (Å²) in [6.07, 6.45) is 3.76. The molecule has 1 saturated heterocycles. The van der Waals surface area contributed by atoms with E-state index in [1.807, 2.05) is 43.3 Å². The molecule has 3 rings (SSSR count). The quantitative estimate of drug-likeness (QED) is 0.520. The van der Waals surface area contributed by atoms with E-state index < -0.39 is 5.91 Å². The van der Waals surface area contributed by atoms with Gasteiger partial charge in [0.15, 0.2) is 4.32 Å². The zero-order valence-electron chi connectivity index (χ0n) is 14.3. The van der Waals surface area contributed by atoms with E-state index in [1.54, 1.807) is 30.3 Å². The highest BCUT2D eigenvalue weighted by molar-refractivity contribution is 9.10. The summed E-state index contributed by atoms with van der Waals surface area (Å²) in [5, 5.41) is 1.12. The molecule has 0 unspecified atom stereocenters. The number of hydrazine groups is 1. The van der Waals surface area contributed by atoms with Gasteiger partial charge in [-0.05, 0) is 60.6 Å². The molecule has 0 saturated carbocycles. The zero-order valence-corrected chi connectivity index (χ0v) is 17.5. The van der Waals surface area contributed by atoms with Gasteiger partial charge in [0, 0.05) is 10.0 Å². The highest BCUT2D eigenvalue weighted by atomic mass is 79.9. The van der Waals surface area contributed by atoms with Crippen LogP contribution in [0.15, 0.2) is 75.6 Å². The van der Waals surface area contributed by atoms with Crippen LogP contribution < -0.4 is 5.43 Å². The summed E-state index contributed by atoms with van der Waals surface area (Å²) < 4.78 is 1.16. The Balaban J connectivity index is 1.73. The average Bonchev–Trinajstić information content (AvgIpc) is 2.90. The third-order valence-electron chi connectivity index (χ3n) is 3.67. The molecule has 2 amide bonds. The van der Waals surface area contributed by atoms with E-state index in [-0.39, 0.29) is 5.91 Å². The predicted octanol–water partition coefficient (Wildman–Crippen LogP) is 4.94. The second kappa shape index (κ2) is 8.65. The van der Waals surface area contributed by atoms with Crippen molar-refractivity contribution in [2.75, 3.05) is 0 Å². The minimum atomic E-state index is -0.392. The van der Waals surface area contributed by atoms with E-state index in [4.69, 9.17) is 12.2 Å². The molecule has 2 aromatic carbocycles. The van der Waals surface area contributed by atoms with Crippen LogP contribution in [0.5, 0.6) is 0 Å². The molecular weight excluding hydrogens is 444 g/mol. The van der Waals surface area contributed by atoms with Crippen LogP contribution in [0.1, 0.15) is 22.8 Å².